The summed E-state index contributed by atoms with van der Waals surface area (Å²) in [6.07, 6.45) is 0.522. The molecule has 0 amide bonds. The predicted octanol–water partition coefficient (Wildman–Crippen LogP) is 3.37. The van der Waals surface area contributed by atoms with Crippen LogP contribution in [0.15, 0.2) is 22.7 Å². The molecule has 0 aliphatic rings. The third kappa shape index (κ3) is 4.10. The number of methoxy groups -OCH3 is 1. The fraction of sp³-hybridized carbons (Fsp3) is 0.500. The number of hydrogen-bond donors (Lipinski definition) is 0. The Hall–Kier alpha value is -0.870. The normalized spacial score (nSPS) is 10.7. The van der Waals surface area contributed by atoms with E-state index >= 15 is 0 Å². The van der Waals surface area contributed by atoms with Crippen LogP contribution in [0.3, 0.4) is 0 Å². The highest BCUT2D eigenvalue weighted by Gasteiger charge is 2.13. The molecule has 0 fully saturated rings. The summed E-state index contributed by atoms with van der Waals surface area (Å²) in [6, 6.07) is 5.51. The van der Waals surface area contributed by atoms with Crippen molar-refractivity contribution >= 4 is 21.7 Å². The summed E-state index contributed by atoms with van der Waals surface area (Å²) in [6.45, 7) is 6.95. The van der Waals surface area contributed by atoms with Crippen LogP contribution < -0.4 is 4.74 Å². The number of Topliss-reactive ketones (excluding diaryl/α,β-unsaturated/α-hetero) is 1. The van der Waals surface area contributed by atoms with Crippen LogP contribution in [0.1, 0.15) is 30.6 Å². The monoisotopic (exact) mass is 313 g/mol. The first kappa shape index (κ1) is 15.2. The Morgan fingerprint density at radius 3 is 2.56 bits per heavy atom. The van der Waals surface area contributed by atoms with Gasteiger partial charge in [-0.2, -0.15) is 0 Å². The summed E-state index contributed by atoms with van der Waals surface area (Å²) in [5.41, 5.74) is 0.652. The van der Waals surface area contributed by atoms with E-state index in [0.29, 0.717) is 17.7 Å². The van der Waals surface area contributed by atoms with Gasteiger partial charge in [-0.05, 0) is 31.3 Å². The minimum Gasteiger partial charge on any atom is -0.496 e. The number of hydrogen-bond acceptors (Lipinski definition) is 3. The molecule has 3 nitrogen and oxygen atoms in total. The van der Waals surface area contributed by atoms with Crippen LogP contribution in [0.25, 0.3) is 0 Å². The van der Waals surface area contributed by atoms with Crippen molar-refractivity contribution in [3.05, 3.63) is 28.2 Å². The van der Waals surface area contributed by atoms with Crippen molar-refractivity contribution in [2.24, 2.45) is 0 Å². The van der Waals surface area contributed by atoms with E-state index in [9.17, 15) is 4.79 Å². The maximum absolute atomic E-state index is 12.2. The van der Waals surface area contributed by atoms with Crippen molar-refractivity contribution in [3.8, 4) is 5.75 Å². The maximum atomic E-state index is 12.2. The Labute approximate surface area is 117 Å². The van der Waals surface area contributed by atoms with E-state index in [4.69, 9.17) is 4.74 Å². The van der Waals surface area contributed by atoms with E-state index in [1.807, 2.05) is 18.2 Å². The second-order valence-corrected chi connectivity index (χ2v) is 4.96. The van der Waals surface area contributed by atoms with Gasteiger partial charge in [0.15, 0.2) is 5.78 Å². The third-order valence-electron chi connectivity index (χ3n) is 3.01. The molecule has 1 aromatic rings. The largest absolute Gasteiger partial charge is 0.496 e. The van der Waals surface area contributed by atoms with Crippen molar-refractivity contribution in [2.75, 3.05) is 26.7 Å². The van der Waals surface area contributed by atoms with Gasteiger partial charge >= 0.3 is 0 Å². The molecule has 0 aliphatic carbocycles. The first-order chi connectivity index (χ1) is 8.62. The first-order valence-corrected chi connectivity index (χ1v) is 7.00. The summed E-state index contributed by atoms with van der Waals surface area (Å²) in [5.74, 6) is 0.766. The van der Waals surface area contributed by atoms with Gasteiger partial charge in [-0.3, -0.25) is 4.79 Å². The highest BCUT2D eigenvalue weighted by molar-refractivity contribution is 9.10. The van der Waals surface area contributed by atoms with Crippen LogP contribution in [-0.4, -0.2) is 37.4 Å². The SMILES string of the molecule is CCN(CC)CCC(=O)c1cc(Br)ccc1OC. The molecule has 0 atom stereocenters. The number of ketones is 1. The summed E-state index contributed by atoms with van der Waals surface area (Å²) >= 11 is 3.38. The van der Waals surface area contributed by atoms with Gasteiger partial charge in [-0.15, -0.1) is 0 Å². The topological polar surface area (TPSA) is 29.5 Å². The van der Waals surface area contributed by atoms with E-state index < -0.39 is 0 Å². The molecule has 1 rings (SSSR count). The molecule has 1 aromatic carbocycles. The van der Waals surface area contributed by atoms with Gasteiger partial charge in [0.1, 0.15) is 5.75 Å². The van der Waals surface area contributed by atoms with Gasteiger partial charge in [0.25, 0.3) is 0 Å². The quantitative estimate of drug-likeness (QED) is 0.723. The summed E-state index contributed by atoms with van der Waals surface area (Å²) < 4.78 is 6.12. The summed E-state index contributed by atoms with van der Waals surface area (Å²) in [7, 11) is 1.59. The van der Waals surface area contributed by atoms with Gasteiger partial charge in [0.05, 0.1) is 12.7 Å². The molecule has 0 aliphatic heterocycles. The number of benzene rings is 1. The van der Waals surface area contributed by atoms with Gasteiger partial charge in [-0.1, -0.05) is 29.8 Å². The van der Waals surface area contributed by atoms with Crippen molar-refractivity contribution in [3.63, 3.8) is 0 Å². The molecule has 0 saturated heterocycles. The number of carbonyl (C=O) groups is 1. The van der Waals surface area contributed by atoms with Gasteiger partial charge in [0.2, 0.25) is 0 Å². The standard InChI is InChI=1S/C14H20BrNO2/c1-4-16(5-2)9-8-13(17)12-10-11(15)6-7-14(12)18-3/h6-7,10H,4-5,8-9H2,1-3H3. The third-order valence-corrected chi connectivity index (χ3v) is 3.50. The number of rotatable bonds is 7. The molecule has 100 valence electrons. The maximum Gasteiger partial charge on any atom is 0.167 e. The second kappa shape index (κ2) is 7.54. The van der Waals surface area contributed by atoms with Crippen LogP contribution in [0.4, 0.5) is 0 Å². The Morgan fingerprint density at radius 2 is 2.00 bits per heavy atom. The van der Waals surface area contributed by atoms with Crippen molar-refractivity contribution in [1.29, 1.82) is 0 Å². The van der Waals surface area contributed by atoms with E-state index in [0.717, 1.165) is 24.1 Å². The molecule has 18 heavy (non-hydrogen) atoms. The molecule has 0 bridgehead atoms. The fourth-order valence-corrected chi connectivity index (χ4v) is 2.19. The Balaban J connectivity index is 2.74. The van der Waals surface area contributed by atoms with E-state index in [2.05, 4.69) is 34.7 Å². The zero-order valence-corrected chi connectivity index (χ0v) is 12.8. The molecule has 0 radical (unpaired) electrons. The van der Waals surface area contributed by atoms with Crippen LogP contribution >= 0.6 is 15.9 Å². The lowest BCUT2D eigenvalue weighted by atomic mass is 10.1. The lowest BCUT2D eigenvalue weighted by molar-refractivity contribution is 0.0963. The van der Waals surface area contributed by atoms with Crippen molar-refractivity contribution < 1.29 is 9.53 Å². The van der Waals surface area contributed by atoms with Gasteiger partial charge in [-0.25, -0.2) is 0 Å². The highest BCUT2D eigenvalue weighted by Crippen LogP contribution is 2.24. The van der Waals surface area contributed by atoms with Crippen LogP contribution in [0.2, 0.25) is 0 Å². The zero-order valence-electron chi connectivity index (χ0n) is 11.2. The average molecular weight is 314 g/mol. The van der Waals surface area contributed by atoms with Crippen molar-refractivity contribution in [1.82, 2.24) is 4.90 Å². The Bertz CT molecular complexity index is 403. The van der Waals surface area contributed by atoms with E-state index in [1.165, 1.54) is 0 Å². The molecule has 0 N–H and O–H groups in total. The predicted molar refractivity (Wildman–Crippen MR) is 77.4 cm³/mol. The van der Waals surface area contributed by atoms with E-state index in [-0.39, 0.29) is 5.78 Å². The number of nitrogens with zero attached hydrogens (tertiary/aromatic N) is 1. The lowest BCUT2D eigenvalue weighted by Crippen LogP contribution is -2.25. The minimum atomic E-state index is 0.125. The number of carbonyl (C=O) groups excluding carboxylic acids is 1. The molecular formula is C14H20BrNO2. The minimum absolute atomic E-state index is 0.125. The summed E-state index contributed by atoms with van der Waals surface area (Å²) in [5, 5.41) is 0. The van der Waals surface area contributed by atoms with Crippen LogP contribution in [0, 0.1) is 0 Å². The lowest BCUT2D eigenvalue weighted by Gasteiger charge is -2.17. The Morgan fingerprint density at radius 1 is 1.33 bits per heavy atom. The molecule has 0 spiro atoms. The van der Waals surface area contributed by atoms with Crippen LogP contribution in [0.5, 0.6) is 5.75 Å². The zero-order chi connectivity index (χ0) is 13.5. The smallest absolute Gasteiger partial charge is 0.167 e. The molecule has 0 unspecified atom stereocenters. The number of ether oxygens (including phenoxy) is 1. The molecule has 4 heteroatoms. The second-order valence-electron chi connectivity index (χ2n) is 4.04. The number of halogens is 1. The Kier molecular flexibility index (Phi) is 6.36. The summed E-state index contributed by atoms with van der Waals surface area (Å²) in [4.78, 5) is 14.4. The van der Waals surface area contributed by atoms with Gasteiger partial charge < -0.3 is 9.64 Å². The van der Waals surface area contributed by atoms with Gasteiger partial charge in [0, 0.05) is 17.4 Å². The van der Waals surface area contributed by atoms with Crippen LogP contribution in [-0.2, 0) is 0 Å². The fourth-order valence-electron chi connectivity index (χ4n) is 1.83. The molecule has 0 aromatic heterocycles. The van der Waals surface area contributed by atoms with Crippen molar-refractivity contribution in [2.45, 2.75) is 20.3 Å². The average Bonchev–Trinajstić information content (AvgIpc) is 2.39. The first-order valence-electron chi connectivity index (χ1n) is 6.21. The molecule has 0 heterocycles. The molecular weight excluding hydrogens is 294 g/mol. The highest BCUT2D eigenvalue weighted by atomic mass is 79.9. The molecule has 0 saturated carbocycles. The van der Waals surface area contributed by atoms with E-state index in [1.54, 1.807) is 7.11 Å².